The van der Waals surface area contributed by atoms with Gasteiger partial charge in [-0.15, -0.1) is 0 Å². The van der Waals surface area contributed by atoms with Crippen LogP contribution in [0, 0.1) is 0 Å². The fourth-order valence-electron chi connectivity index (χ4n) is 1.80. The molecule has 0 radical (unpaired) electrons. The first-order valence-corrected chi connectivity index (χ1v) is 6.29. The second kappa shape index (κ2) is 3.82. The van der Waals surface area contributed by atoms with Crippen LogP contribution in [0.5, 0.6) is 0 Å². The molecule has 16 heavy (non-hydrogen) atoms. The van der Waals surface area contributed by atoms with Crippen LogP contribution in [0.15, 0.2) is 6.20 Å². The van der Waals surface area contributed by atoms with Crippen molar-refractivity contribution in [2.45, 2.75) is 12.5 Å². The van der Waals surface area contributed by atoms with Crippen LogP contribution >= 0.6 is 11.8 Å². The average molecular weight is 236 g/mol. The van der Waals surface area contributed by atoms with Crippen molar-refractivity contribution in [3.63, 3.8) is 0 Å². The monoisotopic (exact) mass is 236 g/mol. The largest absolute Gasteiger partial charge is 0.368 e. The van der Waals surface area contributed by atoms with Gasteiger partial charge in [-0.2, -0.15) is 26.8 Å². The van der Waals surface area contributed by atoms with Crippen molar-refractivity contribution in [3.05, 3.63) is 6.20 Å². The first kappa shape index (κ1) is 9.71. The summed E-state index contributed by atoms with van der Waals surface area (Å²) in [7, 11) is 0. The molecule has 3 rings (SSSR count). The number of H-pyrrole nitrogens is 1. The van der Waals surface area contributed by atoms with Crippen LogP contribution in [0.2, 0.25) is 0 Å². The molecule has 1 atom stereocenters. The van der Waals surface area contributed by atoms with Crippen LogP contribution in [0.1, 0.15) is 6.42 Å². The molecule has 1 fully saturated rings. The number of nitrogen functional groups attached to an aromatic ring is 1. The molecule has 1 saturated heterocycles. The third-order valence-electron chi connectivity index (χ3n) is 2.60. The summed E-state index contributed by atoms with van der Waals surface area (Å²) < 4.78 is 0. The molecule has 0 amide bonds. The maximum atomic E-state index is 5.64. The number of anilines is 2. The quantitative estimate of drug-likeness (QED) is 0.716. The summed E-state index contributed by atoms with van der Waals surface area (Å²) in [6.45, 7) is 0. The molecular weight excluding hydrogens is 224 g/mol. The van der Waals surface area contributed by atoms with Gasteiger partial charge in [0.05, 0.1) is 11.6 Å². The Bertz CT molecular complexity index is 504. The number of fused-ring (bicyclic) bond motifs is 1. The molecule has 0 bridgehead atoms. The summed E-state index contributed by atoms with van der Waals surface area (Å²) in [5.41, 5.74) is 6.32. The standard InChI is InChI=1S/C9H12N6S/c10-9-13-7(12-5-1-2-16-4-5)6-3-11-15-8(6)14-9/h3,5H,1-2,4H2,(H4,10,11,12,13,14,15). The first-order valence-electron chi connectivity index (χ1n) is 5.14. The van der Waals surface area contributed by atoms with Crippen molar-refractivity contribution in [1.82, 2.24) is 20.2 Å². The fourth-order valence-corrected chi connectivity index (χ4v) is 2.96. The van der Waals surface area contributed by atoms with E-state index in [2.05, 4.69) is 25.5 Å². The topological polar surface area (TPSA) is 92.5 Å². The molecule has 0 saturated carbocycles. The van der Waals surface area contributed by atoms with Gasteiger partial charge in [0, 0.05) is 11.8 Å². The second-order valence-electron chi connectivity index (χ2n) is 3.77. The smallest absolute Gasteiger partial charge is 0.224 e. The van der Waals surface area contributed by atoms with Crippen molar-refractivity contribution in [3.8, 4) is 0 Å². The maximum Gasteiger partial charge on any atom is 0.224 e. The minimum atomic E-state index is 0.268. The normalized spacial score (nSPS) is 20.4. The predicted octanol–water partition coefficient (Wildman–Crippen LogP) is 0.852. The van der Waals surface area contributed by atoms with Gasteiger partial charge in [0.2, 0.25) is 5.95 Å². The van der Waals surface area contributed by atoms with E-state index >= 15 is 0 Å². The third kappa shape index (κ3) is 1.67. The molecule has 0 aromatic carbocycles. The lowest BCUT2D eigenvalue weighted by molar-refractivity contribution is 0.808. The summed E-state index contributed by atoms with van der Waals surface area (Å²) in [5, 5.41) is 11.0. The van der Waals surface area contributed by atoms with Crippen molar-refractivity contribution in [2.75, 3.05) is 22.6 Å². The zero-order valence-electron chi connectivity index (χ0n) is 8.60. The zero-order valence-corrected chi connectivity index (χ0v) is 9.42. The van der Waals surface area contributed by atoms with Gasteiger partial charge in [0.1, 0.15) is 5.82 Å². The van der Waals surface area contributed by atoms with E-state index in [0.717, 1.165) is 23.4 Å². The van der Waals surface area contributed by atoms with Crippen LogP contribution in [-0.2, 0) is 0 Å². The molecule has 7 heteroatoms. The molecule has 1 aliphatic rings. The Kier molecular flexibility index (Phi) is 2.32. The third-order valence-corrected chi connectivity index (χ3v) is 3.76. The number of nitrogens with zero attached hydrogens (tertiary/aromatic N) is 3. The zero-order chi connectivity index (χ0) is 11.0. The number of thioether (sulfide) groups is 1. The van der Waals surface area contributed by atoms with Crippen LogP contribution in [-0.4, -0.2) is 37.7 Å². The Hall–Kier alpha value is -1.50. The summed E-state index contributed by atoms with van der Waals surface area (Å²) in [4.78, 5) is 8.30. The Morgan fingerprint density at radius 2 is 2.44 bits per heavy atom. The Morgan fingerprint density at radius 1 is 1.50 bits per heavy atom. The molecule has 0 spiro atoms. The second-order valence-corrected chi connectivity index (χ2v) is 4.92. The minimum Gasteiger partial charge on any atom is -0.368 e. The minimum absolute atomic E-state index is 0.268. The number of nitrogens with two attached hydrogens (primary N) is 1. The van der Waals surface area contributed by atoms with Gasteiger partial charge in [-0.3, -0.25) is 5.10 Å². The summed E-state index contributed by atoms with van der Waals surface area (Å²) in [6.07, 6.45) is 2.88. The number of aromatic amines is 1. The molecular formula is C9H12N6S. The summed E-state index contributed by atoms with van der Waals surface area (Å²) >= 11 is 1.95. The number of rotatable bonds is 2. The lowest BCUT2D eigenvalue weighted by atomic mass is 10.2. The van der Waals surface area contributed by atoms with Gasteiger partial charge in [-0.1, -0.05) is 0 Å². The van der Waals surface area contributed by atoms with E-state index in [1.165, 1.54) is 5.75 Å². The van der Waals surface area contributed by atoms with Crippen LogP contribution < -0.4 is 11.1 Å². The van der Waals surface area contributed by atoms with E-state index in [1.54, 1.807) is 6.20 Å². The van der Waals surface area contributed by atoms with Crippen molar-refractivity contribution in [1.29, 1.82) is 0 Å². The van der Waals surface area contributed by atoms with E-state index in [1.807, 2.05) is 11.8 Å². The van der Waals surface area contributed by atoms with Crippen LogP contribution in [0.4, 0.5) is 11.8 Å². The number of aromatic nitrogens is 4. The summed E-state index contributed by atoms with van der Waals surface area (Å²) in [5.74, 6) is 3.37. The molecule has 4 N–H and O–H groups in total. The van der Waals surface area contributed by atoms with Crippen molar-refractivity contribution >= 4 is 34.6 Å². The van der Waals surface area contributed by atoms with Crippen LogP contribution in [0.25, 0.3) is 11.0 Å². The highest BCUT2D eigenvalue weighted by molar-refractivity contribution is 7.99. The lowest BCUT2D eigenvalue weighted by Gasteiger charge is -2.12. The van der Waals surface area contributed by atoms with E-state index in [0.29, 0.717) is 11.7 Å². The Labute approximate surface area is 96.4 Å². The fraction of sp³-hybridized carbons (Fsp3) is 0.444. The highest BCUT2D eigenvalue weighted by Gasteiger charge is 2.17. The SMILES string of the molecule is Nc1nc(NC2CCSC2)c2cn[nH]c2n1. The van der Waals surface area contributed by atoms with Gasteiger partial charge in [0.25, 0.3) is 0 Å². The molecule has 3 heterocycles. The average Bonchev–Trinajstić information content (AvgIpc) is 2.87. The van der Waals surface area contributed by atoms with Gasteiger partial charge < -0.3 is 11.1 Å². The van der Waals surface area contributed by atoms with Gasteiger partial charge >= 0.3 is 0 Å². The van der Waals surface area contributed by atoms with Gasteiger partial charge in [0.15, 0.2) is 5.65 Å². The van der Waals surface area contributed by atoms with Crippen LogP contribution in [0.3, 0.4) is 0 Å². The van der Waals surface area contributed by atoms with E-state index < -0.39 is 0 Å². The number of hydrogen-bond donors (Lipinski definition) is 3. The lowest BCUT2D eigenvalue weighted by Crippen LogP contribution is -2.19. The Balaban J connectivity index is 1.97. The van der Waals surface area contributed by atoms with Crippen molar-refractivity contribution in [2.24, 2.45) is 0 Å². The number of nitrogens with one attached hydrogen (secondary N) is 2. The molecule has 1 unspecified atom stereocenters. The number of hydrogen-bond acceptors (Lipinski definition) is 6. The van der Waals surface area contributed by atoms with Gasteiger partial charge in [-0.05, 0) is 12.2 Å². The molecule has 0 aliphatic carbocycles. The Morgan fingerprint density at radius 3 is 3.25 bits per heavy atom. The van der Waals surface area contributed by atoms with E-state index in [-0.39, 0.29) is 5.95 Å². The van der Waals surface area contributed by atoms with Gasteiger partial charge in [-0.25, -0.2) is 0 Å². The maximum absolute atomic E-state index is 5.64. The molecule has 84 valence electrons. The van der Waals surface area contributed by atoms with E-state index in [4.69, 9.17) is 5.73 Å². The molecule has 2 aromatic heterocycles. The van der Waals surface area contributed by atoms with Crippen molar-refractivity contribution < 1.29 is 0 Å². The predicted molar refractivity (Wildman–Crippen MR) is 65.4 cm³/mol. The molecule has 2 aromatic rings. The highest BCUT2D eigenvalue weighted by Crippen LogP contribution is 2.24. The highest BCUT2D eigenvalue weighted by atomic mass is 32.2. The first-order chi connectivity index (χ1) is 7.83. The molecule has 6 nitrogen and oxygen atoms in total. The van der Waals surface area contributed by atoms with E-state index in [9.17, 15) is 0 Å². The molecule has 1 aliphatic heterocycles. The summed E-state index contributed by atoms with van der Waals surface area (Å²) in [6, 6.07) is 0.470.